The zero-order valence-corrected chi connectivity index (χ0v) is 15.7. The molecule has 0 bridgehead atoms. The molecule has 0 atom stereocenters. The molecule has 27 heavy (non-hydrogen) atoms. The molecule has 1 aliphatic rings. The number of nitrogens with one attached hydrogen (secondary N) is 1. The highest BCUT2D eigenvalue weighted by Gasteiger charge is 2.23. The van der Waals surface area contributed by atoms with Gasteiger partial charge in [0.1, 0.15) is 10.7 Å². The second kappa shape index (κ2) is 6.94. The van der Waals surface area contributed by atoms with Gasteiger partial charge in [0.05, 0.1) is 11.0 Å². The lowest BCUT2D eigenvalue weighted by molar-refractivity contribution is 0.256. The van der Waals surface area contributed by atoms with Crippen LogP contribution < -0.4 is 4.18 Å². The Morgan fingerprint density at radius 2 is 1.85 bits per heavy atom. The van der Waals surface area contributed by atoms with Gasteiger partial charge in [-0.25, -0.2) is 9.37 Å². The number of nitrogens with zero attached hydrogens (tertiary/aromatic N) is 2. The van der Waals surface area contributed by atoms with Gasteiger partial charge < -0.3 is 14.1 Å². The minimum atomic E-state index is -4.07. The van der Waals surface area contributed by atoms with Gasteiger partial charge in [0.25, 0.3) is 0 Å². The van der Waals surface area contributed by atoms with Crippen molar-refractivity contribution in [1.82, 2.24) is 14.9 Å². The van der Waals surface area contributed by atoms with Gasteiger partial charge in [-0.2, -0.15) is 8.42 Å². The summed E-state index contributed by atoms with van der Waals surface area (Å²) in [6.07, 6.45) is 4.01. The highest BCUT2D eigenvalue weighted by Crippen LogP contribution is 2.33. The maximum absolute atomic E-state index is 13.0. The molecular formula is C19H20FN3O3S. The Bertz CT molecular complexity index is 1060. The molecule has 4 rings (SSSR count). The molecule has 1 aliphatic heterocycles. The Labute approximate surface area is 157 Å². The van der Waals surface area contributed by atoms with E-state index in [1.165, 1.54) is 18.2 Å². The number of benzene rings is 1. The highest BCUT2D eigenvalue weighted by molar-refractivity contribution is 7.87. The molecule has 0 amide bonds. The van der Waals surface area contributed by atoms with Gasteiger partial charge in [0, 0.05) is 12.3 Å². The summed E-state index contributed by atoms with van der Waals surface area (Å²) in [5.41, 5.74) is 2.66. The number of fused-ring (bicyclic) bond motifs is 1. The number of piperidine rings is 1. The lowest BCUT2D eigenvalue weighted by Crippen LogP contribution is -2.29. The van der Waals surface area contributed by atoms with Crippen LogP contribution in [-0.4, -0.2) is 43.4 Å². The van der Waals surface area contributed by atoms with Crippen molar-refractivity contribution in [2.45, 2.75) is 23.7 Å². The Morgan fingerprint density at radius 3 is 2.56 bits per heavy atom. The second-order valence-electron chi connectivity index (χ2n) is 6.86. The Kier molecular flexibility index (Phi) is 4.61. The molecule has 1 aromatic carbocycles. The molecule has 1 saturated heterocycles. The molecule has 1 N–H and O–H groups in total. The Hall–Kier alpha value is -2.45. The van der Waals surface area contributed by atoms with Crippen molar-refractivity contribution >= 4 is 21.2 Å². The van der Waals surface area contributed by atoms with Gasteiger partial charge in [-0.3, -0.25) is 0 Å². The van der Waals surface area contributed by atoms with E-state index < -0.39 is 15.9 Å². The predicted octanol–water partition coefficient (Wildman–Crippen LogP) is 3.28. The SMILES string of the molecule is CN1CCC(c2c[nH]c3ccc(OS(=O)(=O)c4ccc(F)cc4)nc23)CC1. The lowest BCUT2D eigenvalue weighted by Gasteiger charge is -2.28. The van der Waals surface area contributed by atoms with Crippen LogP contribution in [0.1, 0.15) is 24.3 Å². The van der Waals surface area contributed by atoms with Crippen molar-refractivity contribution in [2.75, 3.05) is 20.1 Å². The number of H-pyrrole nitrogens is 1. The first kappa shape index (κ1) is 17.9. The van der Waals surface area contributed by atoms with Crippen LogP contribution >= 0.6 is 0 Å². The van der Waals surface area contributed by atoms with Gasteiger partial charge >= 0.3 is 10.1 Å². The Morgan fingerprint density at radius 1 is 1.15 bits per heavy atom. The summed E-state index contributed by atoms with van der Waals surface area (Å²) >= 11 is 0. The van der Waals surface area contributed by atoms with E-state index in [4.69, 9.17) is 4.18 Å². The fourth-order valence-electron chi connectivity index (χ4n) is 3.44. The Balaban J connectivity index is 1.63. The van der Waals surface area contributed by atoms with E-state index in [0.29, 0.717) is 5.92 Å². The van der Waals surface area contributed by atoms with E-state index in [1.54, 1.807) is 6.07 Å². The zero-order chi connectivity index (χ0) is 19.0. The van der Waals surface area contributed by atoms with Crippen molar-refractivity contribution in [1.29, 1.82) is 0 Å². The molecule has 0 spiro atoms. The van der Waals surface area contributed by atoms with Crippen LogP contribution in [0.3, 0.4) is 0 Å². The molecule has 1 fully saturated rings. The number of hydrogen-bond donors (Lipinski definition) is 1. The number of aromatic amines is 1. The van der Waals surface area contributed by atoms with Crippen molar-refractivity contribution in [3.8, 4) is 5.88 Å². The van der Waals surface area contributed by atoms with E-state index in [0.717, 1.165) is 54.7 Å². The van der Waals surface area contributed by atoms with E-state index in [1.807, 2.05) is 6.20 Å². The van der Waals surface area contributed by atoms with Crippen LogP contribution in [0.25, 0.3) is 11.0 Å². The van der Waals surface area contributed by atoms with Crippen molar-refractivity contribution in [2.24, 2.45) is 0 Å². The van der Waals surface area contributed by atoms with Crippen LogP contribution in [0.2, 0.25) is 0 Å². The zero-order valence-electron chi connectivity index (χ0n) is 14.9. The summed E-state index contributed by atoms with van der Waals surface area (Å²) in [5.74, 6) is -0.129. The summed E-state index contributed by atoms with van der Waals surface area (Å²) in [5, 5.41) is 0. The van der Waals surface area contributed by atoms with Crippen LogP contribution in [-0.2, 0) is 10.1 Å². The maximum atomic E-state index is 13.0. The number of likely N-dealkylation sites (tertiary alicyclic amines) is 1. The van der Waals surface area contributed by atoms with Gasteiger partial charge in [-0.1, -0.05) is 0 Å². The van der Waals surface area contributed by atoms with Crippen molar-refractivity contribution in [3.05, 3.63) is 54.0 Å². The first-order chi connectivity index (χ1) is 12.9. The highest BCUT2D eigenvalue weighted by atomic mass is 32.2. The minimum absolute atomic E-state index is 0.000558. The van der Waals surface area contributed by atoms with Crippen LogP contribution in [0, 0.1) is 5.82 Å². The van der Waals surface area contributed by atoms with Gasteiger partial charge in [0.15, 0.2) is 0 Å². The smallest absolute Gasteiger partial charge is 0.340 e. The van der Waals surface area contributed by atoms with Crippen molar-refractivity contribution < 1.29 is 17.0 Å². The van der Waals surface area contributed by atoms with Gasteiger partial charge in [-0.05, 0) is 74.8 Å². The number of aromatic nitrogens is 2. The number of rotatable bonds is 4. The molecule has 8 heteroatoms. The largest absolute Gasteiger partial charge is 0.360 e. The van der Waals surface area contributed by atoms with Crippen molar-refractivity contribution in [3.63, 3.8) is 0 Å². The van der Waals surface area contributed by atoms with E-state index in [9.17, 15) is 12.8 Å². The third kappa shape index (κ3) is 3.68. The summed E-state index contributed by atoms with van der Waals surface area (Å²) in [6, 6.07) is 7.77. The van der Waals surface area contributed by atoms with Crippen LogP contribution in [0.15, 0.2) is 47.5 Å². The summed E-state index contributed by atoms with van der Waals surface area (Å²) in [6.45, 7) is 2.04. The molecule has 6 nitrogen and oxygen atoms in total. The summed E-state index contributed by atoms with van der Waals surface area (Å²) in [7, 11) is -1.97. The number of halogens is 1. The molecule has 3 heterocycles. The molecule has 2 aromatic heterocycles. The second-order valence-corrected chi connectivity index (χ2v) is 8.40. The van der Waals surface area contributed by atoms with E-state index in [2.05, 4.69) is 21.9 Å². The average molecular weight is 389 g/mol. The monoisotopic (exact) mass is 389 g/mol. The quantitative estimate of drug-likeness (QED) is 0.693. The first-order valence-electron chi connectivity index (χ1n) is 8.79. The van der Waals surface area contributed by atoms with Crippen LogP contribution in [0.4, 0.5) is 4.39 Å². The lowest BCUT2D eigenvalue weighted by atomic mass is 9.91. The molecule has 0 aliphatic carbocycles. The average Bonchev–Trinajstić information content (AvgIpc) is 3.06. The molecular weight excluding hydrogens is 369 g/mol. The maximum Gasteiger partial charge on any atom is 0.340 e. The van der Waals surface area contributed by atoms with Gasteiger partial charge in [0.2, 0.25) is 5.88 Å². The fourth-order valence-corrected chi connectivity index (χ4v) is 4.32. The molecule has 3 aromatic rings. The number of pyridine rings is 1. The van der Waals surface area contributed by atoms with E-state index in [-0.39, 0.29) is 10.8 Å². The van der Waals surface area contributed by atoms with E-state index >= 15 is 0 Å². The van der Waals surface area contributed by atoms with Crippen LogP contribution in [0.5, 0.6) is 5.88 Å². The standard InChI is InChI=1S/C19H20FN3O3S/c1-23-10-8-13(9-11-23)16-12-21-17-6-7-18(22-19(16)17)26-27(24,25)15-4-2-14(20)3-5-15/h2-7,12-13,21H,8-11H2,1H3. The van der Waals surface area contributed by atoms with Gasteiger partial charge in [-0.15, -0.1) is 0 Å². The third-order valence-electron chi connectivity index (χ3n) is 4.98. The minimum Gasteiger partial charge on any atom is -0.360 e. The summed E-state index contributed by atoms with van der Waals surface area (Å²) < 4.78 is 43.0. The molecule has 0 saturated carbocycles. The topological polar surface area (TPSA) is 75.3 Å². The molecule has 0 unspecified atom stereocenters. The first-order valence-corrected chi connectivity index (χ1v) is 10.2. The molecule has 0 radical (unpaired) electrons. The number of hydrogen-bond acceptors (Lipinski definition) is 5. The predicted molar refractivity (Wildman–Crippen MR) is 99.8 cm³/mol. The normalized spacial score (nSPS) is 16.7. The fraction of sp³-hybridized carbons (Fsp3) is 0.316. The molecule has 142 valence electrons. The third-order valence-corrected chi connectivity index (χ3v) is 6.22. The summed E-state index contributed by atoms with van der Waals surface area (Å²) in [4.78, 5) is 9.82.